The van der Waals surface area contributed by atoms with Gasteiger partial charge in [-0.2, -0.15) is 0 Å². The summed E-state index contributed by atoms with van der Waals surface area (Å²) >= 11 is 7.79. The van der Waals surface area contributed by atoms with Crippen molar-refractivity contribution in [3.63, 3.8) is 0 Å². The number of pyridine rings is 1. The van der Waals surface area contributed by atoms with Crippen LogP contribution in [0.1, 0.15) is 36.2 Å². The average Bonchev–Trinajstić information content (AvgIpc) is 2.79. The van der Waals surface area contributed by atoms with Gasteiger partial charge in [-0.25, -0.2) is 9.97 Å². The maximum absolute atomic E-state index is 6.05. The Balaban J connectivity index is 2.06. The molecule has 0 bridgehead atoms. The van der Waals surface area contributed by atoms with E-state index in [4.69, 9.17) is 11.6 Å². The number of anilines is 1. The maximum Gasteiger partial charge on any atom is 0.152 e. The zero-order valence-corrected chi connectivity index (χ0v) is 13.2. The third kappa shape index (κ3) is 3.67. The van der Waals surface area contributed by atoms with Gasteiger partial charge in [0.2, 0.25) is 0 Å². The molecule has 1 N–H and O–H groups in total. The van der Waals surface area contributed by atoms with Crippen LogP contribution in [0.15, 0.2) is 18.5 Å². The SMILES string of the molecule is Cc1cnc(Cl)c(NCc2cnc(C(C)(C)C)s2)c1. The monoisotopic (exact) mass is 295 g/mol. The molecule has 0 amide bonds. The quantitative estimate of drug-likeness (QED) is 0.852. The second-order valence-electron chi connectivity index (χ2n) is 5.59. The van der Waals surface area contributed by atoms with Gasteiger partial charge in [0, 0.05) is 22.7 Å². The van der Waals surface area contributed by atoms with Crippen molar-refractivity contribution in [3.05, 3.63) is 39.1 Å². The highest BCUT2D eigenvalue weighted by Gasteiger charge is 2.17. The predicted molar refractivity (Wildman–Crippen MR) is 82.1 cm³/mol. The van der Waals surface area contributed by atoms with Gasteiger partial charge < -0.3 is 5.32 Å². The van der Waals surface area contributed by atoms with Crippen molar-refractivity contribution in [1.82, 2.24) is 9.97 Å². The second kappa shape index (κ2) is 5.47. The molecule has 0 saturated carbocycles. The Morgan fingerprint density at radius 3 is 2.63 bits per heavy atom. The molecule has 2 rings (SSSR count). The topological polar surface area (TPSA) is 37.8 Å². The van der Waals surface area contributed by atoms with Crippen molar-refractivity contribution >= 4 is 28.6 Å². The van der Waals surface area contributed by atoms with Crippen molar-refractivity contribution < 1.29 is 0 Å². The molecular formula is C14H18ClN3S. The van der Waals surface area contributed by atoms with E-state index in [1.54, 1.807) is 17.5 Å². The largest absolute Gasteiger partial charge is 0.378 e. The molecule has 5 heteroatoms. The summed E-state index contributed by atoms with van der Waals surface area (Å²) in [6, 6.07) is 2.00. The van der Waals surface area contributed by atoms with Crippen LogP contribution in [0.4, 0.5) is 5.69 Å². The summed E-state index contributed by atoms with van der Waals surface area (Å²) in [7, 11) is 0. The van der Waals surface area contributed by atoms with E-state index in [2.05, 4.69) is 36.1 Å². The summed E-state index contributed by atoms with van der Waals surface area (Å²) in [5.74, 6) is 0. The Hall–Kier alpha value is -1.13. The zero-order chi connectivity index (χ0) is 14.0. The average molecular weight is 296 g/mol. The minimum absolute atomic E-state index is 0.103. The first kappa shape index (κ1) is 14.3. The number of hydrogen-bond acceptors (Lipinski definition) is 4. The molecule has 0 aromatic carbocycles. The first-order valence-electron chi connectivity index (χ1n) is 6.17. The number of rotatable bonds is 3. The molecule has 0 radical (unpaired) electrons. The number of nitrogens with one attached hydrogen (secondary N) is 1. The highest BCUT2D eigenvalue weighted by molar-refractivity contribution is 7.11. The summed E-state index contributed by atoms with van der Waals surface area (Å²) in [4.78, 5) is 9.79. The number of hydrogen-bond donors (Lipinski definition) is 1. The predicted octanol–water partition coefficient (Wildman–Crippen LogP) is 4.41. The Morgan fingerprint density at radius 2 is 2.00 bits per heavy atom. The standard InChI is InChI=1S/C14H18ClN3S/c1-9-5-11(12(15)17-6-9)16-7-10-8-18-13(19-10)14(2,3)4/h5-6,8,16H,7H2,1-4H3. The van der Waals surface area contributed by atoms with Gasteiger partial charge in [0.15, 0.2) is 5.15 Å². The normalized spacial score (nSPS) is 11.6. The summed E-state index contributed by atoms with van der Waals surface area (Å²) in [5, 5.41) is 4.97. The highest BCUT2D eigenvalue weighted by atomic mass is 35.5. The fourth-order valence-electron chi connectivity index (χ4n) is 1.59. The number of aryl methyl sites for hydroxylation is 1. The fourth-order valence-corrected chi connectivity index (χ4v) is 2.67. The molecule has 0 saturated heterocycles. The molecule has 0 aliphatic rings. The Labute approximate surface area is 123 Å². The summed E-state index contributed by atoms with van der Waals surface area (Å²) in [6.07, 6.45) is 3.69. The number of nitrogens with zero attached hydrogens (tertiary/aromatic N) is 2. The molecule has 0 aliphatic carbocycles. The Kier molecular flexibility index (Phi) is 4.11. The van der Waals surface area contributed by atoms with Gasteiger partial charge in [-0.3, -0.25) is 0 Å². The lowest BCUT2D eigenvalue weighted by atomic mass is 9.98. The van der Waals surface area contributed by atoms with Crippen LogP contribution in [-0.2, 0) is 12.0 Å². The molecule has 0 unspecified atom stereocenters. The van der Waals surface area contributed by atoms with Gasteiger partial charge in [-0.05, 0) is 18.6 Å². The Bertz CT molecular complexity index is 572. The van der Waals surface area contributed by atoms with Gasteiger partial charge in [-0.1, -0.05) is 32.4 Å². The van der Waals surface area contributed by atoms with Crippen LogP contribution < -0.4 is 5.32 Å². The molecule has 2 heterocycles. The summed E-state index contributed by atoms with van der Waals surface area (Å²) < 4.78 is 0. The van der Waals surface area contributed by atoms with Crippen LogP contribution >= 0.6 is 22.9 Å². The Morgan fingerprint density at radius 1 is 1.26 bits per heavy atom. The van der Waals surface area contributed by atoms with E-state index < -0.39 is 0 Å². The summed E-state index contributed by atoms with van der Waals surface area (Å²) in [6.45, 7) is 9.23. The number of halogens is 1. The minimum atomic E-state index is 0.103. The molecule has 0 spiro atoms. The highest BCUT2D eigenvalue weighted by Crippen LogP contribution is 2.28. The van der Waals surface area contributed by atoms with Gasteiger partial charge in [-0.15, -0.1) is 11.3 Å². The molecule has 19 heavy (non-hydrogen) atoms. The molecule has 2 aromatic heterocycles. The van der Waals surface area contributed by atoms with E-state index in [1.165, 1.54) is 4.88 Å². The van der Waals surface area contributed by atoms with Crippen LogP contribution in [0.3, 0.4) is 0 Å². The minimum Gasteiger partial charge on any atom is -0.378 e. The van der Waals surface area contributed by atoms with Gasteiger partial charge in [0.25, 0.3) is 0 Å². The van der Waals surface area contributed by atoms with E-state index >= 15 is 0 Å². The van der Waals surface area contributed by atoms with Crippen LogP contribution in [0, 0.1) is 6.92 Å². The fraction of sp³-hybridized carbons (Fsp3) is 0.429. The lowest BCUT2D eigenvalue weighted by Gasteiger charge is -2.13. The van der Waals surface area contributed by atoms with Crippen molar-refractivity contribution in [2.24, 2.45) is 0 Å². The third-order valence-corrected chi connectivity index (χ3v) is 4.35. The zero-order valence-electron chi connectivity index (χ0n) is 11.6. The van der Waals surface area contributed by atoms with Gasteiger partial charge in [0.05, 0.1) is 17.2 Å². The van der Waals surface area contributed by atoms with Crippen molar-refractivity contribution in [1.29, 1.82) is 0 Å². The van der Waals surface area contributed by atoms with E-state index in [1.807, 2.05) is 19.2 Å². The smallest absolute Gasteiger partial charge is 0.152 e. The van der Waals surface area contributed by atoms with E-state index in [0.717, 1.165) is 22.8 Å². The third-order valence-electron chi connectivity index (χ3n) is 2.62. The van der Waals surface area contributed by atoms with Gasteiger partial charge >= 0.3 is 0 Å². The second-order valence-corrected chi connectivity index (χ2v) is 7.06. The molecule has 0 fully saturated rings. The molecular weight excluding hydrogens is 278 g/mol. The first-order valence-corrected chi connectivity index (χ1v) is 7.37. The van der Waals surface area contributed by atoms with Gasteiger partial charge in [0.1, 0.15) is 0 Å². The molecule has 0 aliphatic heterocycles. The lowest BCUT2D eigenvalue weighted by molar-refractivity contribution is 0.585. The van der Waals surface area contributed by atoms with E-state index in [9.17, 15) is 0 Å². The van der Waals surface area contributed by atoms with Crippen LogP contribution in [0.2, 0.25) is 5.15 Å². The van der Waals surface area contributed by atoms with Crippen molar-refractivity contribution in [2.75, 3.05) is 5.32 Å². The van der Waals surface area contributed by atoms with Crippen LogP contribution in [0.25, 0.3) is 0 Å². The number of thiazole rings is 1. The number of aromatic nitrogens is 2. The van der Waals surface area contributed by atoms with Crippen molar-refractivity contribution in [3.8, 4) is 0 Å². The molecule has 102 valence electrons. The maximum atomic E-state index is 6.05. The molecule has 0 atom stereocenters. The molecule has 3 nitrogen and oxygen atoms in total. The van der Waals surface area contributed by atoms with Crippen molar-refractivity contribution in [2.45, 2.75) is 39.7 Å². The summed E-state index contributed by atoms with van der Waals surface area (Å²) in [5.41, 5.74) is 2.06. The lowest BCUT2D eigenvalue weighted by Crippen LogP contribution is -2.09. The van der Waals surface area contributed by atoms with Crippen LogP contribution in [0.5, 0.6) is 0 Å². The first-order chi connectivity index (χ1) is 8.86. The van der Waals surface area contributed by atoms with E-state index in [0.29, 0.717) is 5.15 Å². The molecule has 2 aromatic rings. The van der Waals surface area contributed by atoms with Crippen LogP contribution in [-0.4, -0.2) is 9.97 Å². The van der Waals surface area contributed by atoms with E-state index in [-0.39, 0.29) is 5.41 Å².